The summed E-state index contributed by atoms with van der Waals surface area (Å²) in [4.78, 5) is 23.9. The van der Waals surface area contributed by atoms with Crippen LogP contribution >= 0.6 is 0 Å². The van der Waals surface area contributed by atoms with Gasteiger partial charge in [-0.25, -0.2) is 8.42 Å². The van der Waals surface area contributed by atoms with Gasteiger partial charge >= 0.3 is 0 Å². The van der Waals surface area contributed by atoms with Gasteiger partial charge in [0.1, 0.15) is 17.3 Å². The fraction of sp³-hybridized carbons (Fsp3) is 0.368. The van der Waals surface area contributed by atoms with Crippen molar-refractivity contribution in [1.29, 1.82) is 0 Å². The second-order valence-electron chi connectivity index (χ2n) is 6.91. The molecule has 2 aromatic rings. The van der Waals surface area contributed by atoms with Crippen molar-refractivity contribution in [1.82, 2.24) is 9.62 Å². The lowest BCUT2D eigenvalue weighted by atomic mass is 10.1. The van der Waals surface area contributed by atoms with Gasteiger partial charge in [-0.2, -0.15) is 4.31 Å². The maximum absolute atomic E-state index is 13.0. The number of fused-ring (bicyclic) bond motifs is 1. The van der Waals surface area contributed by atoms with E-state index in [9.17, 15) is 18.0 Å². The van der Waals surface area contributed by atoms with Crippen molar-refractivity contribution in [2.75, 3.05) is 18.9 Å². The predicted molar refractivity (Wildman–Crippen MR) is 105 cm³/mol. The van der Waals surface area contributed by atoms with E-state index in [0.717, 1.165) is 10.1 Å². The molecule has 2 N–H and O–H groups in total. The fourth-order valence-electron chi connectivity index (χ4n) is 2.90. The first-order chi connectivity index (χ1) is 13.6. The van der Waals surface area contributed by atoms with Gasteiger partial charge in [0.05, 0.1) is 23.7 Å². The molecular weight excluding hydrogens is 398 g/mol. The number of rotatable bonds is 6. The van der Waals surface area contributed by atoms with Crippen LogP contribution < -0.4 is 15.4 Å². The molecular formula is C19H23N3O6S. The molecule has 0 spiro atoms. The number of carbonyl (C=O) groups is 2. The second-order valence-corrected chi connectivity index (χ2v) is 8.93. The minimum Gasteiger partial charge on any atom is -0.479 e. The van der Waals surface area contributed by atoms with Crippen molar-refractivity contribution in [2.45, 2.75) is 38.3 Å². The molecule has 1 aliphatic heterocycles. The van der Waals surface area contributed by atoms with E-state index >= 15 is 0 Å². The third-order valence-corrected chi connectivity index (χ3v) is 6.46. The highest BCUT2D eigenvalue weighted by atomic mass is 32.2. The Kier molecular flexibility index (Phi) is 5.67. The number of sulfonamides is 1. The molecule has 0 saturated carbocycles. The topological polar surface area (TPSA) is 118 Å². The monoisotopic (exact) mass is 421 g/mol. The average Bonchev–Trinajstić information content (AvgIpc) is 3.06. The number of nitrogens with one attached hydrogen (secondary N) is 2. The summed E-state index contributed by atoms with van der Waals surface area (Å²) in [6.07, 6.45) is -0.727. The third kappa shape index (κ3) is 4.43. The molecule has 10 heteroatoms. The first-order valence-electron chi connectivity index (χ1n) is 8.98. The minimum atomic E-state index is -3.95. The van der Waals surface area contributed by atoms with E-state index in [1.165, 1.54) is 13.1 Å². The molecule has 1 aromatic carbocycles. The number of anilines is 1. The van der Waals surface area contributed by atoms with E-state index in [1.54, 1.807) is 39.0 Å². The summed E-state index contributed by atoms with van der Waals surface area (Å²) in [5.74, 6) is 0.822. The summed E-state index contributed by atoms with van der Waals surface area (Å²) < 4.78 is 37.8. The quantitative estimate of drug-likeness (QED) is 0.731. The first-order valence-corrected chi connectivity index (χ1v) is 10.4. The van der Waals surface area contributed by atoms with Crippen LogP contribution in [0.3, 0.4) is 0 Å². The van der Waals surface area contributed by atoms with E-state index < -0.39 is 22.0 Å². The zero-order valence-electron chi connectivity index (χ0n) is 16.6. The van der Waals surface area contributed by atoms with Crippen molar-refractivity contribution in [3.63, 3.8) is 0 Å². The van der Waals surface area contributed by atoms with Crippen molar-refractivity contribution < 1.29 is 27.2 Å². The minimum absolute atomic E-state index is 0.0107. The Morgan fingerprint density at radius 2 is 2.00 bits per heavy atom. The van der Waals surface area contributed by atoms with Crippen LogP contribution in [0.25, 0.3) is 0 Å². The Hall–Kier alpha value is -2.85. The van der Waals surface area contributed by atoms with Gasteiger partial charge in [0, 0.05) is 13.1 Å². The van der Waals surface area contributed by atoms with E-state index in [2.05, 4.69) is 10.6 Å². The molecule has 156 valence electrons. The normalized spacial score (nSPS) is 16.2. The SMILES string of the molecule is Cc1ccc(CNC(=O)CN(C)S(=O)(=O)c2cc3c(cc2C)NC(=O)[C@@H](C)O3)o1. The summed E-state index contributed by atoms with van der Waals surface area (Å²) >= 11 is 0. The first kappa shape index (κ1) is 20.9. The van der Waals surface area contributed by atoms with Gasteiger partial charge in [0.2, 0.25) is 15.9 Å². The number of furan rings is 1. The van der Waals surface area contributed by atoms with Gasteiger partial charge in [-0.3, -0.25) is 9.59 Å². The van der Waals surface area contributed by atoms with Gasteiger partial charge in [-0.1, -0.05) is 0 Å². The second kappa shape index (κ2) is 7.88. The number of benzene rings is 1. The van der Waals surface area contributed by atoms with Crippen molar-refractivity contribution in [3.05, 3.63) is 41.3 Å². The van der Waals surface area contributed by atoms with Crippen LogP contribution in [-0.2, 0) is 26.2 Å². The summed E-state index contributed by atoms with van der Waals surface area (Å²) in [6, 6.07) is 6.43. The van der Waals surface area contributed by atoms with E-state index in [0.29, 0.717) is 17.0 Å². The molecule has 2 heterocycles. The number of hydrogen-bond donors (Lipinski definition) is 2. The third-order valence-electron chi connectivity index (χ3n) is 4.52. The van der Waals surface area contributed by atoms with Crippen LogP contribution in [0.2, 0.25) is 0 Å². The molecule has 0 fully saturated rings. The van der Waals surface area contributed by atoms with Gasteiger partial charge in [0.25, 0.3) is 5.91 Å². The Morgan fingerprint density at radius 1 is 1.28 bits per heavy atom. The van der Waals surface area contributed by atoms with Gasteiger partial charge in [-0.05, 0) is 44.5 Å². The van der Waals surface area contributed by atoms with Crippen LogP contribution in [-0.4, -0.2) is 44.2 Å². The Bertz CT molecular complexity index is 1060. The zero-order chi connectivity index (χ0) is 21.3. The highest BCUT2D eigenvalue weighted by Gasteiger charge is 2.30. The van der Waals surface area contributed by atoms with Crippen molar-refractivity contribution in [3.8, 4) is 5.75 Å². The van der Waals surface area contributed by atoms with E-state index in [1.807, 2.05) is 0 Å². The van der Waals surface area contributed by atoms with E-state index in [-0.39, 0.29) is 29.6 Å². The molecule has 0 unspecified atom stereocenters. The molecule has 0 saturated heterocycles. The van der Waals surface area contributed by atoms with Crippen molar-refractivity contribution >= 4 is 27.5 Å². The molecule has 0 aliphatic carbocycles. The summed E-state index contributed by atoms with van der Waals surface area (Å²) in [6.45, 7) is 4.80. The molecule has 1 aliphatic rings. The molecule has 0 radical (unpaired) electrons. The van der Waals surface area contributed by atoms with Crippen LogP contribution in [0.1, 0.15) is 24.0 Å². The number of carbonyl (C=O) groups excluding carboxylic acids is 2. The smallest absolute Gasteiger partial charge is 0.265 e. The lowest BCUT2D eigenvalue weighted by Gasteiger charge is -2.25. The zero-order valence-corrected chi connectivity index (χ0v) is 17.4. The molecule has 1 aromatic heterocycles. The number of ether oxygens (including phenoxy) is 1. The summed E-state index contributed by atoms with van der Waals surface area (Å²) in [5, 5.41) is 5.31. The lowest BCUT2D eigenvalue weighted by Crippen LogP contribution is -2.38. The number of likely N-dealkylation sites (N-methyl/N-ethyl adjacent to an activating group) is 1. The van der Waals surface area contributed by atoms with Crippen LogP contribution in [0.15, 0.2) is 33.6 Å². The van der Waals surface area contributed by atoms with Crippen LogP contribution in [0.4, 0.5) is 5.69 Å². The van der Waals surface area contributed by atoms with Gasteiger partial charge in [0.15, 0.2) is 6.10 Å². The molecule has 3 rings (SSSR count). The maximum atomic E-state index is 13.0. The lowest BCUT2D eigenvalue weighted by molar-refractivity contribution is -0.123. The number of amides is 2. The van der Waals surface area contributed by atoms with Gasteiger partial charge in [-0.15, -0.1) is 0 Å². The molecule has 29 heavy (non-hydrogen) atoms. The van der Waals surface area contributed by atoms with E-state index in [4.69, 9.17) is 9.15 Å². The Labute approximate surface area is 169 Å². The standard InChI is InChI=1S/C19H23N3O6S/c1-11-7-15-16(28-13(3)19(24)21-15)8-17(11)29(25,26)22(4)10-18(23)20-9-14-6-5-12(2)27-14/h5-8,13H,9-10H2,1-4H3,(H,20,23)(H,21,24)/t13-/m1/s1. The predicted octanol–water partition coefficient (Wildman–Crippen LogP) is 1.55. The van der Waals surface area contributed by atoms with Crippen molar-refractivity contribution in [2.24, 2.45) is 0 Å². The largest absolute Gasteiger partial charge is 0.479 e. The van der Waals surface area contributed by atoms with Crippen LogP contribution in [0, 0.1) is 13.8 Å². The van der Waals surface area contributed by atoms with Crippen LogP contribution in [0.5, 0.6) is 5.75 Å². The summed E-state index contributed by atoms with van der Waals surface area (Å²) in [7, 11) is -2.62. The highest BCUT2D eigenvalue weighted by Crippen LogP contribution is 2.35. The average molecular weight is 421 g/mol. The molecule has 0 bridgehead atoms. The number of aryl methyl sites for hydroxylation is 2. The molecule has 1 atom stereocenters. The number of nitrogens with zero attached hydrogens (tertiary/aromatic N) is 1. The molecule has 9 nitrogen and oxygen atoms in total. The Balaban J connectivity index is 1.73. The maximum Gasteiger partial charge on any atom is 0.265 e. The Morgan fingerprint density at radius 3 is 2.66 bits per heavy atom. The highest BCUT2D eigenvalue weighted by molar-refractivity contribution is 7.89. The number of hydrogen-bond acceptors (Lipinski definition) is 6. The fourth-order valence-corrected chi connectivity index (χ4v) is 4.24. The molecule has 2 amide bonds. The van der Waals surface area contributed by atoms with Gasteiger partial charge < -0.3 is 19.8 Å². The summed E-state index contributed by atoms with van der Waals surface area (Å²) in [5.41, 5.74) is 0.846.